The first-order valence-electron chi connectivity index (χ1n) is 6.26. The van der Waals surface area contributed by atoms with Crippen LogP contribution in [0.3, 0.4) is 0 Å². The number of thiazole rings is 1. The van der Waals surface area contributed by atoms with E-state index in [2.05, 4.69) is 25.0 Å². The standard InChI is InChI=1S/C12H16N6S.ClH/c13-12-14-8-10(19-12)9-17-4-6-18(7-5-17)11-2-1-3-15-16-11;/h1-3,8H,4-7,9H2,(H2,13,14);1H. The molecule has 20 heavy (non-hydrogen) atoms. The molecule has 0 radical (unpaired) electrons. The van der Waals surface area contributed by atoms with Crippen LogP contribution in [-0.2, 0) is 6.54 Å². The molecule has 0 unspecified atom stereocenters. The fraction of sp³-hybridized carbons (Fsp3) is 0.417. The van der Waals surface area contributed by atoms with Crippen LogP contribution in [0.1, 0.15) is 4.88 Å². The van der Waals surface area contributed by atoms with Gasteiger partial charge in [0, 0.05) is 50.0 Å². The molecule has 0 amide bonds. The van der Waals surface area contributed by atoms with Crippen molar-refractivity contribution in [3.05, 3.63) is 29.4 Å². The Balaban J connectivity index is 0.00000147. The van der Waals surface area contributed by atoms with E-state index in [1.807, 2.05) is 18.3 Å². The summed E-state index contributed by atoms with van der Waals surface area (Å²) < 4.78 is 0. The molecule has 1 aliphatic heterocycles. The summed E-state index contributed by atoms with van der Waals surface area (Å²) in [6.07, 6.45) is 3.57. The Morgan fingerprint density at radius 1 is 1.25 bits per heavy atom. The lowest BCUT2D eigenvalue weighted by Crippen LogP contribution is -2.46. The molecule has 108 valence electrons. The van der Waals surface area contributed by atoms with Crippen LogP contribution in [0.25, 0.3) is 0 Å². The van der Waals surface area contributed by atoms with E-state index in [-0.39, 0.29) is 12.4 Å². The molecule has 1 aliphatic rings. The second-order valence-corrected chi connectivity index (χ2v) is 5.66. The zero-order valence-corrected chi connectivity index (χ0v) is 12.6. The highest BCUT2D eigenvalue weighted by Gasteiger charge is 2.18. The van der Waals surface area contributed by atoms with E-state index in [0.717, 1.165) is 38.5 Å². The van der Waals surface area contributed by atoms with Crippen molar-refractivity contribution in [3.8, 4) is 0 Å². The monoisotopic (exact) mass is 312 g/mol. The molecule has 3 rings (SSSR count). The van der Waals surface area contributed by atoms with Crippen molar-refractivity contribution >= 4 is 34.7 Å². The molecule has 0 aromatic carbocycles. The molecule has 3 heterocycles. The highest BCUT2D eigenvalue weighted by molar-refractivity contribution is 7.15. The van der Waals surface area contributed by atoms with Gasteiger partial charge in [-0.2, -0.15) is 5.10 Å². The summed E-state index contributed by atoms with van der Waals surface area (Å²) in [5, 5.41) is 8.72. The van der Waals surface area contributed by atoms with E-state index in [4.69, 9.17) is 5.73 Å². The van der Waals surface area contributed by atoms with Crippen molar-refractivity contribution in [1.29, 1.82) is 0 Å². The van der Waals surface area contributed by atoms with Crippen molar-refractivity contribution in [2.45, 2.75) is 6.54 Å². The summed E-state index contributed by atoms with van der Waals surface area (Å²) in [6, 6.07) is 3.93. The molecule has 0 spiro atoms. The summed E-state index contributed by atoms with van der Waals surface area (Å²) in [4.78, 5) is 10.00. The molecule has 2 N–H and O–H groups in total. The van der Waals surface area contributed by atoms with Crippen molar-refractivity contribution in [2.75, 3.05) is 36.8 Å². The predicted molar refractivity (Wildman–Crippen MR) is 83.3 cm³/mol. The van der Waals surface area contributed by atoms with E-state index in [0.29, 0.717) is 5.13 Å². The molecule has 0 saturated carbocycles. The molecule has 1 saturated heterocycles. The molecule has 8 heteroatoms. The van der Waals surface area contributed by atoms with Crippen LogP contribution in [-0.4, -0.2) is 46.3 Å². The molecule has 0 bridgehead atoms. The van der Waals surface area contributed by atoms with Crippen molar-refractivity contribution in [1.82, 2.24) is 20.1 Å². The zero-order valence-electron chi connectivity index (χ0n) is 11.0. The first kappa shape index (κ1) is 15.0. The first-order valence-corrected chi connectivity index (χ1v) is 7.08. The number of nitrogens with two attached hydrogens (primary N) is 1. The van der Waals surface area contributed by atoms with Gasteiger partial charge in [0.25, 0.3) is 0 Å². The average Bonchev–Trinajstić information content (AvgIpc) is 2.86. The van der Waals surface area contributed by atoms with Crippen molar-refractivity contribution in [2.24, 2.45) is 0 Å². The van der Waals surface area contributed by atoms with E-state index in [9.17, 15) is 0 Å². The van der Waals surface area contributed by atoms with Gasteiger partial charge in [-0.25, -0.2) is 4.98 Å². The molecule has 6 nitrogen and oxygen atoms in total. The Morgan fingerprint density at radius 3 is 2.65 bits per heavy atom. The van der Waals surface area contributed by atoms with E-state index in [1.165, 1.54) is 4.88 Å². The van der Waals surface area contributed by atoms with Crippen LogP contribution >= 0.6 is 23.7 Å². The van der Waals surface area contributed by atoms with Gasteiger partial charge in [-0.1, -0.05) is 0 Å². The number of piperazine rings is 1. The quantitative estimate of drug-likeness (QED) is 0.920. The Kier molecular flexibility index (Phi) is 5.11. The topological polar surface area (TPSA) is 71.2 Å². The number of hydrogen-bond donors (Lipinski definition) is 1. The molecule has 0 atom stereocenters. The van der Waals surface area contributed by atoms with E-state index in [1.54, 1.807) is 17.5 Å². The second-order valence-electron chi connectivity index (χ2n) is 4.51. The summed E-state index contributed by atoms with van der Waals surface area (Å²) in [5.74, 6) is 0.962. The molecule has 0 aliphatic carbocycles. The van der Waals surface area contributed by atoms with Gasteiger partial charge in [0.15, 0.2) is 10.9 Å². The lowest BCUT2D eigenvalue weighted by Gasteiger charge is -2.34. The minimum atomic E-state index is 0. The van der Waals surface area contributed by atoms with Crippen LogP contribution in [0, 0.1) is 0 Å². The first-order chi connectivity index (χ1) is 9.31. The number of rotatable bonds is 3. The van der Waals surface area contributed by atoms with E-state index >= 15 is 0 Å². The highest BCUT2D eigenvalue weighted by Crippen LogP contribution is 2.18. The number of anilines is 2. The highest BCUT2D eigenvalue weighted by atomic mass is 35.5. The van der Waals surface area contributed by atoms with Gasteiger partial charge in [-0.15, -0.1) is 28.8 Å². The lowest BCUT2D eigenvalue weighted by molar-refractivity contribution is 0.251. The maximum absolute atomic E-state index is 5.65. The van der Waals surface area contributed by atoms with Crippen LogP contribution in [0.2, 0.25) is 0 Å². The fourth-order valence-electron chi connectivity index (χ4n) is 2.21. The van der Waals surface area contributed by atoms with Crippen LogP contribution in [0.5, 0.6) is 0 Å². The molecule has 2 aromatic rings. The van der Waals surface area contributed by atoms with Gasteiger partial charge < -0.3 is 10.6 Å². The van der Waals surface area contributed by atoms with Crippen LogP contribution < -0.4 is 10.6 Å². The molecular formula is C12H17ClN6S. The number of halogens is 1. The van der Waals surface area contributed by atoms with Gasteiger partial charge >= 0.3 is 0 Å². The van der Waals surface area contributed by atoms with Crippen LogP contribution in [0.15, 0.2) is 24.5 Å². The summed E-state index contributed by atoms with van der Waals surface area (Å²) in [6.45, 7) is 4.94. The Bertz CT molecular complexity index is 526. The number of nitrogens with zero attached hydrogens (tertiary/aromatic N) is 5. The van der Waals surface area contributed by atoms with Crippen LogP contribution in [0.4, 0.5) is 10.9 Å². The Morgan fingerprint density at radius 2 is 2.05 bits per heavy atom. The third kappa shape index (κ3) is 3.56. The number of nitrogen functional groups attached to an aromatic ring is 1. The summed E-state index contributed by atoms with van der Waals surface area (Å²) in [5.41, 5.74) is 5.65. The molecular weight excluding hydrogens is 296 g/mol. The molecule has 2 aromatic heterocycles. The zero-order chi connectivity index (χ0) is 13.1. The maximum atomic E-state index is 5.65. The Hall–Kier alpha value is -1.44. The minimum Gasteiger partial charge on any atom is -0.375 e. The summed E-state index contributed by atoms with van der Waals surface area (Å²) >= 11 is 1.57. The average molecular weight is 313 g/mol. The molecule has 1 fully saturated rings. The lowest BCUT2D eigenvalue weighted by atomic mass is 10.3. The second kappa shape index (κ2) is 6.83. The van der Waals surface area contributed by atoms with Gasteiger partial charge in [0.2, 0.25) is 0 Å². The number of hydrogen-bond acceptors (Lipinski definition) is 7. The van der Waals surface area contributed by atoms with Gasteiger partial charge in [0.05, 0.1) is 0 Å². The van der Waals surface area contributed by atoms with Gasteiger partial charge in [-0.05, 0) is 12.1 Å². The van der Waals surface area contributed by atoms with Gasteiger partial charge in [-0.3, -0.25) is 4.90 Å². The SMILES string of the molecule is Cl.Nc1ncc(CN2CCN(c3cccnn3)CC2)s1. The normalized spacial score (nSPS) is 15.9. The smallest absolute Gasteiger partial charge is 0.180 e. The van der Waals surface area contributed by atoms with Gasteiger partial charge in [0.1, 0.15) is 0 Å². The fourth-order valence-corrected chi connectivity index (χ4v) is 2.94. The third-order valence-corrected chi connectivity index (χ3v) is 4.02. The Labute approximate surface area is 128 Å². The summed E-state index contributed by atoms with van der Waals surface area (Å²) in [7, 11) is 0. The predicted octanol–water partition coefficient (Wildman–Crippen LogP) is 1.26. The number of aromatic nitrogens is 3. The maximum Gasteiger partial charge on any atom is 0.180 e. The van der Waals surface area contributed by atoms with Crippen molar-refractivity contribution in [3.63, 3.8) is 0 Å². The van der Waals surface area contributed by atoms with Crippen molar-refractivity contribution < 1.29 is 0 Å². The third-order valence-electron chi connectivity index (χ3n) is 3.21. The minimum absolute atomic E-state index is 0. The van der Waals surface area contributed by atoms with E-state index < -0.39 is 0 Å². The largest absolute Gasteiger partial charge is 0.375 e.